The van der Waals surface area contributed by atoms with Gasteiger partial charge in [-0.05, 0) is 29.8 Å². The van der Waals surface area contributed by atoms with Gasteiger partial charge in [-0.2, -0.15) is 0 Å². The van der Waals surface area contributed by atoms with Gasteiger partial charge in [0.1, 0.15) is 0 Å². The average molecular weight is 398 g/mol. The molecule has 0 aliphatic carbocycles. The van der Waals surface area contributed by atoms with Crippen molar-refractivity contribution in [2.24, 2.45) is 0 Å². The molecule has 0 spiro atoms. The maximum atomic E-state index is 12.8. The molecule has 0 saturated carbocycles. The van der Waals surface area contributed by atoms with Gasteiger partial charge >= 0.3 is 0 Å². The van der Waals surface area contributed by atoms with Crippen LogP contribution in [-0.4, -0.2) is 34.2 Å². The Bertz CT molecular complexity index is 970. The first kappa shape index (κ1) is 19.9. The van der Waals surface area contributed by atoms with Crippen molar-refractivity contribution in [1.29, 1.82) is 0 Å². The van der Waals surface area contributed by atoms with E-state index in [1.807, 2.05) is 48.5 Å². The number of benzene rings is 2. The van der Waals surface area contributed by atoms with Gasteiger partial charge in [0, 0.05) is 30.4 Å². The second-order valence-corrected chi connectivity index (χ2v) is 7.85. The zero-order valence-electron chi connectivity index (χ0n) is 15.7. The van der Waals surface area contributed by atoms with Crippen LogP contribution in [0.3, 0.4) is 0 Å². The van der Waals surface area contributed by atoms with Crippen molar-refractivity contribution in [2.75, 3.05) is 20.8 Å². The van der Waals surface area contributed by atoms with Crippen molar-refractivity contribution in [3.8, 4) is 11.5 Å². The van der Waals surface area contributed by atoms with Crippen molar-refractivity contribution < 1.29 is 17.9 Å². The summed E-state index contributed by atoms with van der Waals surface area (Å²) in [5.74, 6) is 0.615. The highest BCUT2D eigenvalue weighted by atomic mass is 32.2. The van der Waals surface area contributed by atoms with Crippen LogP contribution in [0.2, 0.25) is 0 Å². The van der Waals surface area contributed by atoms with Gasteiger partial charge in [0.25, 0.3) is 0 Å². The summed E-state index contributed by atoms with van der Waals surface area (Å²) in [6.07, 6.45) is 1.70. The lowest BCUT2D eigenvalue weighted by Gasteiger charge is -2.18. The third-order valence-electron chi connectivity index (χ3n) is 4.39. The van der Waals surface area contributed by atoms with Crippen LogP contribution in [0, 0.1) is 0 Å². The van der Waals surface area contributed by atoms with Crippen LogP contribution >= 0.6 is 0 Å². The quantitative estimate of drug-likeness (QED) is 0.630. The lowest BCUT2D eigenvalue weighted by Crippen LogP contribution is -2.29. The van der Waals surface area contributed by atoms with Gasteiger partial charge in [-0.15, -0.1) is 0 Å². The molecule has 0 saturated heterocycles. The molecule has 0 bridgehead atoms. The van der Waals surface area contributed by atoms with Crippen LogP contribution in [-0.2, 0) is 10.0 Å². The Kier molecular flexibility index (Phi) is 6.28. The van der Waals surface area contributed by atoms with Crippen LogP contribution in [0.5, 0.6) is 11.5 Å². The zero-order chi connectivity index (χ0) is 20.0. The topological polar surface area (TPSA) is 77.5 Å². The fourth-order valence-electron chi connectivity index (χ4n) is 2.92. The van der Waals surface area contributed by atoms with Crippen LogP contribution in [0.4, 0.5) is 0 Å². The predicted octanol–water partition coefficient (Wildman–Crippen LogP) is 3.21. The van der Waals surface area contributed by atoms with E-state index in [2.05, 4.69) is 9.71 Å². The van der Waals surface area contributed by atoms with Crippen molar-refractivity contribution in [2.45, 2.75) is 10.8 Å². The van der Waals surface area contributed by atoms with E-state index in [1.165, 1.54) is 26.4 Å². The Balaban J connectivity index is 1.86. The molecule has 3 aromatic rings. The molecule has 0 fully saturated rings. The summed E-state index contributed by atoms with van der Waals surface area (Å²) in [7, 11) is -0.774. The summed E-state index contributed by atoms with van der Waals surface area (Å²) in [5.41, 5.74) is 1.78. The Morgan fingerprint density at radius 1 is 0.929 bits per heavy atom. The second kappa shape index (κ2) is 8.86. The van der Waals surface area contributed by atoms with Crippen molar-refractivity contribution >= 4 is 10.0 Å². The first-order valence-corrected chi connectivity index (χ1v) is 10.2. The van der Waals surface area contributed by atoms with E-state index in [0.717, 1.165) is 11.3 Å². The number of nitrogens with zero attached hydrogens (tertiary/aromatic N) is 1. The third kappa shape index (κ3) is 4.49. The molecule has 1 unspecified atom stereocenters. The minimum absolute atomic E-state index is 0.109. The maximum absolute atomic E-state index is 12.8. The first-order chi connectivity index (χ1) is 13.5. The molecule has 146 valence electrons. The molecule has 0 aliphatic rings. The largest absolute Gasteiger partial charge is 0.493 e. The summed E-state index contributed by atoms with van der Waals surface area (Å²) in [5, 5.41) is 0. The molecule has 3 rings (SSSR count). The summed E-state index contributed by atoms with van der Waals surface area (Å²) >= 11 is 0. The lowest BCUT2D eigenvalue weighted by atomic mass is 9.95. The Morgan fingerprint density at radius 2 is 1.64 bits per heavy atom. The normalized spacial score (nSPS) is 12.4. The molecule has 2 aromatic carbocycles. The Morgan fingerprint density at radius 3 is 2.29 bits per heavy atom. The van der Waals surface area contributed by atoms with Crippen LogP contribution in [0.25, 0.3) is 0 Å². The smallest absolute Gasteiger partial charge is 0.240 e. The summed E-state index contributed by atoms with van der Waals surface area (Å²) in [4.78, 5) is 4.52. The van der Waals surface area contributed by atoms with E-state index >= 15 is 0 Å². The number of ether oxygens (including phenoxy) is 2. The Labute approximate surface area is 165 Å². The minimum Gasteiger partial charge on any atom is -0.493 e. The fraction of sp³-hybridized carbons (Fsp3) is 0.190. The molecule has 0 aliphatic heterocycles. The maximum Gasteiger partial charge on any atom is 0.240 e. The van der Waals surface area contributed by atoms with Gasteiger partial charge in [0.15, 0.2) is 11.5 Å². The number of nitrogens with one attached hydrogen (secondary N) is 1. The molecule has 1 atom stereocenters. The van der Waals surface area contributed by atoms with Gasteiger partial charge in [-0.1, -0.05) is 36.4 Å². The van der Waals surface area contributed by atoms with Gasteiger partial charge in [-0.3, -0.25) is 4.98 Å². The summed E-state index contributed by atoms with van der Waals surface area (Å²) in [6.45, 7) is 0.178. The number of hydrogen-bond acceptors (Lipinski definition) is 5. The number of sulfonamides is 1. The zero-order valence-corrected chi connectivity index (χ0v) is 16.5. The van der Waals surface area contributed by atoms with Crippen LogP contribution < -0.4 is 14.2 Å². The number of rotatable bonds is 8. The van der Waals surface area contributed by atoms with Gasteiger partial charge in [-0.25, -0.2) is 13.1 Å². The van der Waals surface area contributed by atoms with E-state index < -0.39 is 10.0 Å². The lowest BCUT2D eigenvalue weighted by molar-refractivity contribution is 0.354. The van der Waals surface area contributed by atoms with Crippen LogP contribution in [0.1, 0.15) is 17.2 Å². The summed E-state index contributed by atoms with van der Waals surface area (Å²) in [6, 6.07) is 19.8. The predicted molar refractivity (Wildman–Crippen MR) is 107 cm³/mol. The molecular formula is C21H22N2O4S. The van der Waals surface area contributed by atoms with E-state index in [1.54, 1.807) is 12.3 Å². The monoisotopic (exact) mass is 398 g/mol. The van der Waals surface area contributed by atoms with Gasteiger partial charge in [0.05, 0.1) is 19.1 Å². The van der Waals surface area contributed by atoms with Crippen molar-refractivity contribution in [3.05, 3.63) is 84.2 Å². The van der Waals surface area contributed by atoms with Crippen molar-refractivity contribution in [1.82, 2.24) is 9.71 Å². The standard InChI is InChI=1S/C21H22N2O4S/c1-26-20-12-11-17(14-21(20)27-2)28(24,25)23-15-18(16-8-4-3-5-9-16)19-10-6-7-13-22-19/h3-14,18,23H,15H2,1-2H3. The first-order valence-electron chi connectivity index (χ1n) is 8.72. The molecule has 0 radical (unpaired) electrons. The molecule has 1 aromatic heterocycles. The SMILES string of the molecule is COc1ccc(S(=O)(=O)NCC(c2ccccc2)c2ccccn2)cc1OC. The van der Waals surface area contributed by atoms with E-state index in [4.69, 9.17) is 9.47 Å². The van der Waals surface area contributed by atoms with E-state index in [0.29, 0.717) is 11.5 Å². The highest BCUT2D eigenvalue weighted by Crippen LogP contribution is 2.29. The summed E-state index contributed by atoms with van der Waals surface area (Å²) < 4.78 is 38.8. The van der Waals surface area contributed by atoms with E-state index in [9.17, 15) is 8.42 Å². The number of aromatic nitrogens is 1. The molecule has 28 heavy (non-hydrogen) atoms. The van der Waals surface area contributed by atoms with Crippen LogP contribution in [0.15, 0.2) is 77.8 Å². The molecule has 0 amide bonds. The minimum atomic E-state index is -3.74. The molecular weight excluding hydrogens is 376 g/mol. The highest BCUT2D eigenvalue weighted by molar-refractivity contribution is 7.89. The molecule has 1 N–H and O–H groups in total. The van der Waals surface area contributed by atoms with E-state index in [-0.39, 0.29) is 17.4 Å². The number of pyridine rings is 1. The molecule has 6 nitrogen and oxygen atoms in total. The Hall–Kier alpha value is -2.90. The number of hydrogen-bond donors (Lipinski definition) is 1. The van der Waals surface area contributed by atoms with Crippen molar-refractivity contribution in [3.63, 3.8) is 0 Å². The molecule has 1 heterocycles. The fourth-order valence-corrected chi connectivity index (χ4v) is 3.98. The second-order valence-electron chi connectivity index (χ2n) is 6.09. The average Bonchev–Trinajstić information content (AvgIpc) is 2.74. The highest BCUT2D eigenvalue weighted by Gasteiger charge is 2.21. The number of methoxy groups -OCH3 is 2. The van der Waals surface area contributed by atoms with Gasteiger partial charge in [0.2, 0.25) is 10.0 Å². The van der Waals surface area contributed by atoms with Gasteiger partial charge < -0.3 is 9.47 Å². The third-order valence-corrected chi connectivity index (χ3v) is 5.81. The molecule has 7 heteroatoms.